The van der Waals surface area contributed by atoms with Gasteiger partial charge in [-0.3, -0.25) is 4.79 Å². The van der Waals surface area contributed by atoms with Crippen molar-refractivity contribution in [1.82, 2.24) is 5.32 Å². The number of methoxy groups -OCH3 is 3. The zero-order valence-corrected chi connectivity index (χ0v) is 17.4. The Morgan fingerprint density at radius 3 is 2.39 bits per heavy atom. The minimum Gasteiger partial charge on any atom is -0.493 e. The molecule has 164 valence electrons. The molecule has 0 atom stereocenters. The third kappa shape index (κ3) is 5.59. The first kappa shape index (κ1) is 21.8. The van der Waals surface area contributed by atoms with Gasteiger partial charge in [0.15, 0.2) is 29.6 Å². The van der Waals surface area contributed by atoms with E-state index in [0.717, 1.165) is 5.56 Å². The van der Waals surface area contributed by atoms with Crippen LogP contribution < -0.4 is 29.0 Å². The standard InChI is InChI=1S/C22H23NO8/c1-26-18-8-14(9-19(27-2)22(18)28-3)5-7-21(25)29-12-20(24)23-11-15-4-6-16-17(10-15)31-13-30-16/h4-10H,11-13H2,1-3H3,(H,23,24). The maximum Gasteiger partial charge on any atom is 0.331 e. The molecule has 9 heteroatoms. The number of esters is 1. The van der Waals surface area contributed by atoms with Crippen molar-refractivity contribution >= 4 is 18.0 Å². The Morgan fingerprint density at radius 1 is 1.00 bits per heavy atom. The molecule has 3 rings (SSSR count). The largest absolute Gasteiger partial charge is 0.493 e. The molecule has 0 saturated carbocycles. The maximum atomic E-state index is 12.0. The van der Waals surface area contributed by atoms with E-state index in [4.69, 9.17) is 28.4 Å². The lowest BCUT2D eigenvalue weighted by Gasteiger charge is -2.12. The summed E-state index contributed by atoms with van der Waals surface area (Å²) in [6, 6.07) is 8.75. The number of nitrogens with one attached hydrogen (secondary N) is 1. The lowest BCUT2D eigenvalue weighted by atomic mass is 10.1. The first-order valence-corrected chi connectivity index (χ1v) is 9.34. The number of benzene rings is 2. The predicted octanol–water partition coefficient (Wildman–Crippen LogP) is 2.31. The Balaban J connectivity index is 1.49. The summed E-state index contributed by atoms with van der Waals surface area (Å²) in [4.78, 5) is 23.9. The van der Waals surface area contributed by atoms with E-state index < -0.39 is 18.5 Å². The second kappa shape index (κ2) is 10.2. The van der Waals surface area contributed by atoms with Crippen LogP contribution in [0.4, 0.5) is 0 Å². The topological polar surface area (TPSA) is 102 Å². The van der Waals surface area contributed by atoms with Crippen LogP contribution in [-0.2, 0) is 20.9 Å². The van der Waals surface area contributed by atoms with E-state index in [9.17, 15) is 9.59 Å². The molecule has 0 spiro atoms. The number of carbonyl (C=O) groups excluding carboxylic acids is 2. The number of hydrogen-bond acceptors (Lipinski definition) is 8. The number of fused-ring (bicyclic) bond motifs is 1. The molecule has 1 amide bonds. The molecule has 0 radical (unpaired) electrons. The highest BCUT2D eigenvalue weighted by Crippen LogP contribution is 2.38. The van der Waals surface area contributed by atoms with Gasteiger partial charge in [0.1, 0.15) is 0 Å². The molecular formula is C22H23NO8. The number of rotatable bonds is 9. The zero-order chi connectivity index (χ0) is 22.2. The zero-order valence-electron chi connectivity index (χ0n) is 17.4. The van der Waals surface area contributed by atoms with Crippen LogP contribution in [0.25, 0.3) is 6.08 Å². The highest BCUT2D eigenvalue weighted by molar-refractivity contribution is 5.89. The summed E-state index contributed by atoms with van der Waals surface area (Å²) >= 11 is 0. The van der Waals surface area contributed by atoms with Crippen LogP contribution in [0.5, 0.6) is 28.7 Å². The summed E-state index contributed by atoms with van der Waals surface area (Å²) in [6.45, 7) is 0.0575. The predicted molar refractivity (Wildman–Crippen MR) is 111 cm³/mol. The molecule has 9 nitrogen and oxygen atoms in total. The van der Waals surface area contributed by atoms with Gasteiger partial charge < -0.3 is 33.7 Å². The van der Waals surface area contributed by atoms with E-state index >= 15 is 0 Å². The van der Waals surface area contributed by atoms with Gasteiger partial charge in [-0.05, 0) is 41.5 Å². The van der Waals surface area contributed by atoms with Gasteiger partial charge in [-0.25, -0.2) is 4.79 Å². The van der Waals surface area contributed by atoms with Gasteiger partial charge in [0.05, 0.1) is 21.3 Å². The van der Waals surface area contributed by atoms with Crippen LogP contribution in [0.15, 0.2) is 36.4 Å². The average molecular weight is 429 g/mol. The van der Waals surface area contributed by atoms with Crippen LogP contribution in [0, 0.1) is 0 Å². The molecular weight excluding hydrogens is 406 g/mol. The molecule has 1 N–H and O–H groups in total. The summed E-state index contributed by atoms with van der Waals surface area (Å²) in [5.41, 5.74) is 1.48. The Kier molecular flexibility index (Phi) is 7.21. The molecule has 2 aromatic rings. The third-order valence-electron chi connectivity index (χ3n) is 4.37. The van der Waals surface area contributed by atoms with Crippen molar-refractivity contribution in [3.63, 3.8) is 0 Å². The summed E-state index contributed by atoms with van der Waals surface area (Å²) in [6.07, 6.45) is 2.74. The normalized spacial score (nSPS) is 11.8. The van der Waals surface area contributed by atoms with Crippen molar-refractivity contribution < 1.29 is 38.0 Å². The van der Waals surface area contributed by atoms with Gasteiger partial charge in [0.25, 0.3) is 5.91 Å². The second-order valence-electron chi connectivity index (χ2n) is 6.36. The minimum atomic E-state index is -0.660. The van der Waals surface area contributed by atoms with Crippen LogP contribution in [-0.4, -0.2) is 46.6 Å². The minimum absolute atomic E-state index is 0.185. The van der Waals surface area contributed by atoms with Crippen LogP contribution in [0.2, 0.25) is 0 Å². The molecule has 0 fully saturated rings. The van der Waals surface area contributed by atoms with E-state index in [2.05, 4.69) is 5.32 Å². The summed E-state index contributed by atoms with van der Waals surface area (Å²) in [7, 11) is 4.51. The van der Waals surface area contributed by atoms with E-state index in [1.54, 1.807) is 24.3 Å². The van der Waals surface area contributed by atoms with Gasteiger partial charge in [-0.1, -0.05) is 6.07 Å². The average Bonchev–Trinajstić information content (AvgIpc) is 3.27. The number of carbonyl (C=O) groups is 2. The molecule has 0 aliphatic carbocycles. The number of hydrogen-bond donors (Lipinski definition) is 1. The smallest absolute Gasteiger partial charge is 0.331 e. The van der Waals surface area contributed by atoms with Crippen molar-refractivity contribution in [3.8, 4) is 28.7 Å². The van der Waals surface area contributed by atoms with Gasteiger partial charge in [-0.2, -0.15) is 0 Å². The third-order valence-corrected chi connectivity index (χ3v) is 4.37. The Bertz CT molecular complexity index is 960. The monoisotopic (exact) mass is 429 g/mol. The number of ether oxygens (including phenoxy) is 6. The molecule has 1 aliphatic heterocycles. The highest BCUT2D eigenvalue weighted by Gasteiger charge is 2.14. The van der Waals surface area contributed by atoms with Crippen LogP contribution >= 0.6 is 0 Å². The Morgan fingerprint density at radius 2 is 1.71 bits per heavy atom. The first-order chi connectivity index (χ1) is 15.0. The van der Waals surface area contributed by atoms with Crippen molar-refractivity contribution in [3.05, 3.63) is 47.5 Å². The lowest BCUT2D eigenvalue weighted by Crippen LogP contribution is -2.28. The lowest BCUT2D eigenvalue weighted by molar-refractivity contribution is -0.143. The molecule has 1 aliphatic rings. The quantitative estimate of drug-likeness (QED) is 0.479. The van der Waals surface area contributed by atoms with Gasteiger partial charge in [0, 0.05) is 12.6 Å². The molecule has 0 unspecified atom stereocenters. The molecule has 1 heterocycles. The SMILES string of the molecule is COc1cc(C=CC(=O)OCC(=O)NCc2ccc3c(c2)OCO3)cc(OC)c1OC. The van der Waals surface area contributed by atoms with Crippen molar-refractivity contribution in [2.45, 2.75) is 6.54 Å². The Hall–Kier alpha value is -3.88. The van der Waals surface area contributed by atoms with Gasteiger partial charge in [-0.15, -0.1) is 0 Å². The van der Waals surface area contributed by atoms with E-state index in [1.165, 1.54) is 33.5 Å². The van der Waals surface area contributed by atoms with Crippen molar-refractivity contribution in [1.29, 1.82) is 0 Å². The summed E-state index contributed by atoms with van der Waals surface area (Å²) in [5, 5.41) is 2.68. The van der Waals surface area contributed by atoms with Gasteiger partial charge in [0.2, 0.25) is 12.5 Å². The molecule has 0 aromatic heterocycles. The fraction of sp³-hybridized carbons (Fsp3) is 0.273. The fourth-order valence-electron chi connectivity index (χ4n) is 2.85. The molecule has 2 aromatic carbocycles. The van der Waals surface area contributed by atoms with E-state index in [1.807, 2.05) is 6.07 Å². The van der Waals surface area contributed by atoms with Crippen LogP contribution in [0.1, 0.15) is 11.1 Å². The van der Waals surface area contributed by atoms with E-state index in [0.29, 0.717) is 34.3 Å². The first-order valence-electron chi connectivity index (χ1n) is 9.34. The van der Waals surface area contributed by atoms with Crippen LogP contribution in [0.3, 0.4) is 0 Å². The Labute approximate surface area is 179 Å². The number of amides is 1. The maximum absolute atomic E-state index is 12.0. The van der Waals surface area contributed by atoms with Crippen molar-refractivity contribution in [2.75, 3.05) is 34.7 Å². The second-order valence-corrected chi connectivity index (χ2v) is 6.36. The van der Waals surface area contributed by atoms with Crippen molar-refractivity contribution in [2.24, 2.45) is 0 Å². The van der Waals surface area contributed by atoms with Gasteiger partial charge >= 0.3 is 5.97 Å². The molecule has 0 bridgehead atoms. The summed E-state index contributed by atoms with van der Waals surface area (Å²) < 4.78 is 31.3. The highest BCUT2D eigenvalue weighted by atomic mass is 16.7. The summed E-state index contributed by atoms with van der Waals surface area (Å²) in [5.74, 6) is 1.58. The molecule has 31 heavy (non-hydrogen) atoms. The fourth-order valence-corrected chi connectivity index (χ4v) is 2.85. The molecule has 0 saturated heterocycles. The van der Waals surface area contributed by atoms with E-state index in [-0.39, 0.29) is 13.3 Å².